The lowest BCUT2D eigenvalue weighted by atomic mass is 10.0. The summed E-state index contributed by atoms with van der Waals surface area (Å²) in [4.78, 5) is 40.4. The summed E-state index contributed by atoms with van der Waals surface area (Å²) < 4.78 is 15.8. The van der Waals surface area contributed by atoms with Crippen molar-refractivity contribution in [3.05, 3.63) is 62.3 Å². The molecule has 1 aromatic heterocycles. The first-order valence-electron chi connectivity index (χ1n) is 10.6. The quantitative estimate of drug-likeness (QED) is 0.728. The maximum absolute atomic E-state index is 14.3. The van der Waals surface area contributed by atoms with E-state index in [-0.39, 0.29) is 28.0 Å². The molecule has 1 saturated heterocycles. The van der Waals surface area contributed by atoms with E-state index in [1.165, 1.54) is 23.0 Å². The summed E-state index contributed by atoms with van der Waals surface area (Å²) in [5.74, 6) is -2.67. The molecule has 3 heterocycles. The minimum atomic E-state index is -0.952. The number of halogens is 2. The summed E-state index contributed by atoms with van der Waals surface area (Å²) >= 11 is 5.82. The zero-order valence-corrected chi connectivity index (χ0v) is 18.5. The van der Waals surface area contributed by atoms with Crippen molar-refractivity contribution in [2.24, 2.45) is 0 Å². The van der Waals surface area contributed by atoms with Crippen LogP contribution in [0.1, 0.15) is 65.6 Å². The third-order valence-corrected chi connectivity index (χ3v) is 6.38. The van der Waals surface area contributed by atoms with Crippen LogP contribution in [0.2, 0.25) is 5.02 Å². The highest BCUT2D eigenvalue weighted by Gasteiger charge is 2.40. The van der Waals surface area contributed by atoms with Crippen molar-refractivity contribution in [1.29, 1.82) is 0 Å². The second kappa shape index (κ2) is 8.46. The van der Waals surface area contributed by atoms with Gasteiger partial charge in [-0.25, -0.2) is 4.39 Å². The molecular formula is C22H24ClFN4O4. The number of piperidine rings is 1. The van der Waals surface area contributed by atoms with Crippen LogP contribution in [0.4, 0.5) is 4.39 Å². The van der Waals surface area contributed by atoms with Gasteiger partial charge in [0, 0.05) is 24.8 Å². The number of aromatic hydroxyl groups is 1. The van der Waals surface area contributed by atoms with Gasteiger partial charge in [-0.2, -0.15) is 0 Å². The fraction of sp³-hybridized carbons (Fsp3) is 0.409. The van der Waals surface area contributed by atoms with E-state index in [1.54, 1.807) is 17.9 Å². The van der Waals surface area contributed by atoms with Crippen LogP contribution < -0.4 is 15.8 Å². The van der Waals surface area contributed by atoms with Crippen LogP contribution in [0.3, 0.4) is 0 Å². The van der Waals surface area contributed by atoms with Crippen LogP contribution >= 0.6 is 11.6 Å². The normalized spacial score (nSPS) is 18.8. The van der Waals surface area contributed by atoms with Gasteiger partial charge < -0.3 is 15.3 Å². The fourth-order valence-corrected chi connectivity index (χ4v) is 4.63. The standard InChI is InChI=1S/C22H24ClFN4O4/c1-3-26-16-9-4-5-10-27(16)28-11-14(19(29)20(30)18(28)22(26)32)21(31)25-12(2)13-7-6-8-15(23)17(13)24/h6-8,11-12,16,30H,3-5,9-10H2,1-2H3,(H,25,31)/t12-,16+/m1/s1. The number of rotatable bonds is 4. The number of carbonyl (C=O) groups is 2. The fourth-order valence-electron chi connectivity index (χ4n) is 4.45. The van der Waals surface area contributed by atoms with Gasteiger partial charge in [0.2, 0.25) is 5.43 Å². The van der Waals surface area contributed by atoms with E-state index < -0.39 is 34.9 Å². The molecule has 8 nitrogen and oxygen atoms in total. The average molecular weight is 463 g/mol. The van der Waals surface area contributed by atoms with E-state index in [4.69, 9.17) is 11.6 Å². The van der Waals surface area contributed by atoms with Crippen molar-refractivity contribution in [2.45, 2.75) is 45.3 Å². The molecule has 0 aliphatic carbocycles. The van der Waals surface area contributed by atoms with Gasteiger partial charge in [0.1, 0.15) is 17.5 Å². The highest BCUT2D eigenvalue weighted by Crippen LogP contribution is 2.30. The summed E-state index contributed by atoms with van der Waals surface area (Å²) in [6.07, 6.45) is 3.64. The highest BCUT2D eigenvalue weighted by atomic mass is 35.5. The van der Waals surface area contributed by atoms with E-state index in [0.717, 1.165) is 19.3 Å². The molecule has 0 spiro atoms. The number of hydrogen-bond donors (Lipinski definition) is 2. The van der Waals surface area contributed by atoms with Crippen molar-refractivity contribution in [3.63, 3.8) is 0 Å². The summed E-state index contributed by atoms with van der Waals surface area (Å²) in [7, 11) is 0. The molecule has 1 aromatic carbocycles. The Balaban J connectivity index is 1.73. The molecule has 2 aliphatic rings. The number of benzene rings is 1. The van der Waals surface area contributed by atoms with Crippen LogP contribution in [-0.4, -0.2) is 45.8 Å². The summed E-state index contributed by atoms with van der Waals surface area (Å²) in [5, 5.41) is 15.0. The van der Waals surface area contributed by atoms with Gasteiger partial charge in [-0.05, 0) is 39.2 Å². The van der Waals surface area contributed by atoms with Crippen LogP contribution in [0.5, 0.6) is 5.75 Å². The Hall–Kier alpha value is -3.07. The second-order valence-corrected chi connectivity index (χ2v) is 8.39. The molecule has 2 amide bonds. The van der Waals surface area contributed by atoms with Crippen molar-refractivity contribution in [3.8, 4) is 5.75 Å². The maximum atomic E-state index is 14.3. The number of aromatic nitrogens is 1. The first-order valence-corrected chi connectivity index (χ1v) is 10.9. The number of amides is 2. The smallest absolute Gasteiger partial charge is 0.278 e. The Bertz CT molecular complexity index is 1150. The third kappa shape index (κ3) is 3.50. The first-order chi connectivity index (χ1) is 15.3. The SMILES string of the molecule is CCN1C(=O)c2c(O)c(=O)c(C(=O)N[C@H](C)c3cccc(Cl)c3F)cn2N2CCCC[C@@H]12. The molecule has 0 radical (unpaired) electrons. The minimum absolute atomic E-state index is 0.0785. The molecule has 1 fully saturated rings. The molecular weight excluding hydrogens is 439 g/mol. The summed E-state index contributed by atoms with van der Waals surface area (Å²) in [5.41, 5.74) is -1.27. The van der Waals surface area contributed by atoms with Gasteiger partial charge in [-0.15, -0.1) is 0 Å². The summed E-state index contributed by atoms with van der Waals surface area (Å²) in [6.45, 7) is 4.44. The Kier molecular flexibility index (Phi) is 5.85. The van der Waals surface area contributed by atoms with Crippen LogP contribution in [0.15, 0.2) is 29.2 Å². The predicted octanol–water partition coefficient (Wildman–Crippen LogP) is 2.76. The van der Waals surface area contributed by atoms with E-state index in [0.29, 0.717) is 13.1 Å². The molecule has 2 atom stereocenters. The van der Waals surface area contributed by atoms with Crippen molar-refractivity contribution >= 4 is 23.4 Å². The van der Waals surface area contributed by atoms with E-state index in [9.17, 15) is 23.9 Å². The molecule has 4 rings (SSSR count). The first kappa shape index (κ1) is 22.1. The zero-order chi connectivity index (χ0) is 23.2. The minimum Gasteiger partial charge on any atom is -0.502 e. The predicted molar refractivity (Wildman–Crippen MR) is 117 cm³/mol. The molecule has 0 unspecified atom stereocenters. The molecule has 2 N–H and O–H groups in total. The highest BCUT2D eigenvalue weighted by molar-refractivity contribution is 6.30. The van der Waals surface area contributed by atoms with E-state index >= 15 is 0 Å². The molecule has 2 aromatic rings. The van der Waals surface area contributed by atoms with Gasteiger partial charge in [0.25, 0.3) is 11.8 Å². The molecule has 0 saturated carbocycles. The van der Waals surface area contributed by atoms with Crippen LogP contribution in [0, 0.1) is 5.82 Å². The zero-order valence-electron chi connectivity index (χ0n) is 17.8. The van der Waals surface area contributed by atoms with Gasteiger partial charge in [-0.1, -0.05) is 23.7 Å². The lowest BCUT2D eigenvalue weighted by Gasteiger charge is -2.48. The number of nitrogens with zero attached hydrogens (tertiary/aromatic N) is 3. The lowest BCUT2D eigenvalue weighted by molar-refractivity contribution is 0.0534. The van der Waals surface area contributed by atoms with Crippen molar-refractivity contribution in [1.82, 2.24) is 14.9 Å². The third-order valence-electron chi connectivity index (χ3n) is 6.09. The van der Waals surface area contributed by atoms with Gasteiger partial charge in [0.05, 0.1) is 11.1 Å². The molecule has 2 aliphatic heterocycles. The van der Waals surface area contributed by atoms with Gasteiger partial charge >= 0.3 is 0 Å². The molecule has 10 heteroatoms. The second-order valence-electron chi connectivity index (χ2n) is 7.98. The van der Waals surface area contributed by atoms with Crippen LogP contribution in [-0.2, 0) is 0 Å². The van der Waals surface area contributed by atoms with Crippen molar-refractivity contribution in [2.75, 3.05) is 18.1 Å². The molecule has 0 bridgehead atoms. The summed E-state index contributed by atoms with van der Waals surface area (Å²) in [6, 6.07) is 3.65. The number of pyridine rings is 1. The largest absolute Gasteiger partial charge is 0.502 e. The number of carbonyl (C=O) groups excluding carboxylic acids is 2. The van der Waals surface area contributed by atoms with Crippen LogP contribution in [0.25, 0.3) is 0 Å². The Labute approximate surface area is 189 Å². The number of fused-ring (bicyclic) bond motifs is 3. The number of nitrogens with one attached hydrogen (secondary N) is 1. The van der Waals surface area contributed by atoms with Gasteiger partial charge in [0.15, 0.2) is 11.4 Å². The monoisotopic (exact) mass is 462 g/mol. The maximum Gasteiger partial charge on any atom is 0.278 e. The Morgan fingerprint density at radius 3 is 2.81 bits per heavy atom. The lowest BCUT2D eigenvalue weighted by Crippen LogP contribution is -2.63. The average Bonchev–Trinajstić information content (AvgIpc) is 2.77. The molecule has 32 heavy (non-hydrogen) atoms. The van der Waals surface area contributed by atoms with Crippen molar-refractivity contribution < 1.29 is 19.1 Å². The van der Waals surface area contributed by atoms with E-state index in [2.05, 4.69) is 5.32 Å². The topological polar surface area (TPSA) is 94.9 Å². The Morgan fingerprint density at radius 1 is 1.34 bits per heavy atom. The van der Waals surface area contributed by atoms with Gasteiger partial charge in [-0.3, -0.25) is 24.1 Å². The number of hydrogen-bond acceptors (Lipinski definition) is 5. The molecule has 170 valence electrons. The van der Waals surface area contributed by atoms with E-state index in [1.807, 2.05) is 11.9 Å². The Morgan fingerprint density at radius 2 is 2.09 bits per heavy atom.